The molecule has 7 heteroatoms. The molecule has 22 heavy (non-hydrogen) atoms. The second kappa shape index (κ2) is 10.0. The van der Waals surface area contributed by atoms with Crippen molar-refractivity contribution < 1.29 is 8.42 Å². The minimum Gasteiger partial charge on any atom is -0.357 e. The van der Waals surface area contributed by atoms with E-state index in [0.29, 0.717) is 6.42 Å². The van der Waals surface area contributed by atoms with Gasteiger partial charge in [-0.1, -0.05) is 13.8 Å². The fraction of sp³-hybridized carbons (Fsp3) is 0.933. The van der Waals surface area contributed by atoms with Crippen molar-refractivity contribution in [1.82, 2.24) is 15.5 Å². The highest BCUT2D eigenvalue weighted by Gasteiger charge is 2.28. The number of nitrogens with one attached hydrogen (secondary N) is 2. The van der Waals surface area contributed by atoms with Gasteiger partial charge in [-0.25, -0.2) is 8.42 Å². The van der Waals surface area contributed by atoms with E-state index < -0.39 is 9.84 Å². The zero-order chi connectivity index (χ0) is 16.4. The van der Waals surface area contributed by atoms with Crippen molar-refractivity contribution in [2.75, 3.05) is 44.2 Å². The van der Waals surface area contributed by atoms with Gasteiger partial charge in [-0.05, 0) is 45.8 Å². The molecule has 1 aliphatic rings. The number of aliphatic imine (C=N–C) groups is 1. The Labute approximate surface area is 135 Å². The molecule has 1 rings (SSSR count). The summed E-state index contributed by atoms with van der Waals surface area (Å²) in [5, 5.41) is 6.44. The molecule has 1 fully saturated rings. The topological polar surface area (TPSA) is 73.8 Å². The molecule has 0 amide bonds. The number of guanidine groups is 1. The zero-order valence-electron chi connectivity index (χ0n) is 14.3. The summed E-state index contributed by atoms with van der Waals surface area (Å²) < 4.78 is 23.0. The van der Waals surface area contributed by atoms with Crippen LogP contribution in [0.1, 0.15) is 40.0 Å². The summed E-state index contributed by atoms with van der Waals surface area (Å²) in [5.74, 6) is 1.25. The van der Waals surface area contributed by atoms with Gasteiger partial charge in [0.25, 0.3) is 0 Å². The molecule has 0 aromatic rings. The van der Waals surface area contributed by atoms with Gasteiger partial charge in [-0.15, -0.1) is 0 Å². The van der Waals surface area contributed by atoms with Crippen LogP contribution < -0.4 is 10.6 Å². The van der Waals surface area contributed by atoms with Crippen molar-refractivity contribution in [3.8, 4) is 0 Å². The molecular weight excluding hydrogens is 300 g/mol. The predicted molar refractivity (Wildman–Crippen MR) is 93.2 cm³/mol. The Balaban J connectivity index is 2.33. The highest BCUT2D eigenvalue weighted by Crippen LogP contribution is 2.10. The Morgan fingerprint density at radius 3 is 2.50 bits per heavy atom. The van der Waals surface area contributed by atoms with Crippen molar-refractivity contribution >= 4 is 15.8 Å². The van der Waals surface area contributed by atoms with Gasteiger partial charge in [-0.2, -0.15) is 0 Å². The fourth-order valence-corrected chi connectivity index (χ4v) is 4.27. The third-order valence-corrected chi connectivity index (χ3v) is 5.73. The molecule has 0 aliphatic carbocycles. The Hall–Kier alpha value is -0.820. The first-order chi connectivity index (χ1) is 10.5. The van der Waals surface area contributed by atoms with Gasteiger partial charge >= 0.3 is 0 Å². The molecule has 130 valence electrons. The fourth-order valence-electron chi connectivity index (χ4n) is 2.60. The van der Waals surface area contributed by atoms with Gasteiger partial charge in [0.15, 0.2) is 15.8 Å². The van der Waals surface area contributed by atoms with Gasteiger partial charge in [0.05, 0.1) is 11.5 Å². The van der Waals surface area contributed by atoms with E-state index >= 15 is 0 Å². The number of sulfone groups is 1. The Morgan fingerprint density at radius 2 is 1.95 bits per heavy atom. The normalized spacial score (nSPS) is 21.3. The lowest BCUT2D eigenvalue weighted by atomic mass is 10.3. The molecule has 1 atom stereocenters. The first kappa shape index (κ1) is 19.2. The quantitative estimate of drug-likeness (QED) is 0.372. The van der Waals surface area contributed by atoms with Crippen LogP contribution in [-0.4, -0.2) is 69.5 Å². The zero-order valence-corrected chi connectivity index (χ0v) is 15.1. The third kappa shape index (κ3) is 7.45. The summed E-state index contributed by atoms with van der Waals surface area (Å²) in [6.45, 7) is 11.3. The van der Waals surface area contributed by atoms with E-state index in [1.165, 1.54) is 0 Å². The van der Waals surface area contributed by atoms with E-state index in [1.807, 2.05) is 6.92 Å². The molecule has 6 nitrogen and oxygen atoms in total. The summed E-state index contributed by atoms with van der Waals surface area (Å²) >= 11 is 0. The van der Waals surface area contributed by atoms with Crippen molar-refractivity contribution in [1.29, 1.82) is 0 Å². The Morgan fingerprint density at radius 1 is 1.23 bits per heavy atom. The van der Waals surface area contributed by atoms with E-state index in [1.54, 1.807) is 0 Å². The molecular formula is C15H32N4O2S. The molecule has 2 N–H and O–H groups in total. The predicted octanol–water partition coefficient (Wildman–Crippen LogP) is 0.851. The lowest BCUT2D eigenvalue weighted by Crippen LogP contribution is -2.44. The Bertz CT molecular complexity index is 433. The van der Waals surface area contributed by atoms with Crippen LogP contribution >= 0.6 is 0 Å². The van der Waals surface area contributed by atoms with Gasteiger partial charge in [0.1, 0.15) is 0 Å². The average Bonchev–Trinajstić information content (AvgIpc) is 2.82. The molecule has 0 aromatic heterocycles. The van der Waals surface area contributed by atoms with Crippen LogP contribution in [0.4, 0.5) is 0 Å². The summed E-state index contributed by atoms with van der Waals surface area (Å²) in [6.07, 6.45) is 2.87. The molecule has 0 bridgehead atoms. The SMILES string of the molecule is CCNC(=NCCCCN(CC)CC)NC1CCS(=O)(=O)C1. The molecule has 0 radical (unpaired) electrons. The van der Waals surface area contributed by atoms with Crippen molar-refractivity contribution in [3.05, 3.63) is 0 Å². The first-order valence-electron chi connectivity index (χ1n) is 8.48. The standard InChI is InChI=1S/C15H32N4O2S/c1-4-16-15(18-14-9-12-22(20,21)13-14)17-10-7-8-11-19(5-2)6-3/h14H,4-13H2,1-3H3,(H2,16,17,18). The van der Waals surface area contributed by atoms with Crippen LogP contribution in [0.3, 0.4) is 0 Å². The van der Waals surface area contributed by atoms with Crippen LogP contribution in [0.5, 0.6) is 0 Å². The average molecular weight is 333 g/mol. The third-order valence-electron chi connectivity index (χ3n) is 3.96. The van der Waals surface area contributed by atoms with Crippen LogP contribution in [0.15, 0.2) is 4.99 Å². The number of unbranched alkanes of at least 4 members (excludes halogenated alkanes) is 1. The maximum Gasteiger partial charge on any atom is 0.191 e. The van der Waals surface area contributed by atoms with Crippen LogP contribution in [0.2, 0.25) is 0 Å². The van der Waals surface area contributed by atoms with Crippen LogP contribution in [-0.2, 0) is 9.84 Å². The maximum absolute atomic E-state index is 11.5. The van der Waals surface area contributed by atoms with Gasteiger partial charge < -0.3 is 15.5 Å². The van der Waals surface area contributed by atoms with Crippen LogP contribution in [0, 0.1) is 0 Å². The van der Waals surface area contributed by atoms with Gasteiger partial charge in [0, 0.05) is 19.1 Å². The minimum absolute atomic E-state index is 0.00141. The number of hydrogen-bond donors (Lipinski definition) is 2. The largest absolute Gasteiger partial charge is 0.357 e. The van der Waals surface area contributed by atoms with E-state index in [2.05, 4.69) is 34.4 Å². The van der Waals surface area contributed by atoms with Crippen molar-refractivity contribution in [2.45, 2.75) is 46.1 Å². The summed E-state index contributed by atoms with van der Waals surface area (Å²) in [5.41, 5.74) is 0. The highest BCUT2D eigenvalue weighted by molar-refractivity contribution is 7.91. The second-order valence-electron chi connectivity index (χ2n) is 5.74. The van der Waals surface area contributed by atoms with E-state index in [9.17, 15) is 8.42 Å². The lowest BCUT2D eigenvalue weighted by Gasteiger charge is -2.17. The second-order valence-corrected chi connectivity index (χ2v) is 7.97. The van der Waals surface area contributed by atoms with Crippen molar-refractivity contribution in [3.63, 3.8) is 0 Å². The molecule has 0 aromatic carbocycles. The Kier molecular flexibility index (Phi) is 8.78. The van der Waals surface area contributed by atoms with Crippen LogP contribution in [0.25, 0.3) is 0 Å². The monoisotopic (exact) mass is 332 g/mol. The van der Waals surface area contributed by atoms with Gasteiger partial charge in [-0.3, -0.25) is 4.99 Å². The van der Waals surface area contributed by atoms with Crippen molar-refractivity contribution in [2.24, 2.45) is 4.99 Å². The molecule has 1 unspecified atom stereocenters. The number of rotatable bonds is 9. The van der Waals surface area contributed by atoms with E-state index in [0.717, 1.165) is 51.5 Å². The summed E-state index contributed by atoms with van der Waals surface area (Å²) in [6, 6.07) is -0.00141. The lowest BCUT2D eigenvalue weighted by molar-refractivity contribution is 0.297. The molecule has 0 saturated carbocycles. The summed E-state index contributed by atoms with van der Waals surface area (Å²) in [4.78, 5) is 6.97. The number of nitrogens with zero attached hydrogens (tertiary/aromatic N) is 2. The number of hydrogen-bond acceptors (Lipinski definition) is 4. The van der Waals surface area contributed by atoms with E-state index in [-0.39, 0.29) is 17.5 Å². The molecule has 0 spiro atoms. The smallest absolute Gasteiger partial charge is 0.191 e. The highest BCUT2D eigenvalue weighted by atomic mass is 32.2. The first-order valence-corrected chi connectivity index (χ1v) is 10.3. The maximum atomic E-state index is 11.5. The molecule has 1 heterocycles. The minimum atomic E-state index is -2.85. The summed E-state index contributed by atoms with van der Waals surface area (Å²) in [7, 11) is -2.85. The molecule has 1 saturated heterocycles. The van der Waals surface area contributed by atoms with Gasteiger partial charge in [0.2, 0.25) is 0 Å². The van der Waals surface area contributed by atoms with E-state index in [4.69, 9.17) is 0 Å². The molecule has 1 aliphatic heterocycles.